The van der Waals surface area contributed by atoms with E-state index in [1.165, 1.54) is 18.4 Å². The Morgan fingerprint density at radius 1 is 1.24 bits per heavy atom. The van der Waals surface area contributed by atoms with E-state index in [9.17, 15) is 5.11 Å². The van der Waals surface area contributed by atoms with E-state index in [0.29, 0.717) is 17.9 Å². The van der Waals surface area contributed by atoms with Crippen molar-refractivity contribution >= 4 is 0 Å². The third-order valence-electron chi connectivity index (χ3n) is 3.86. The molecule has 2 nitrogen and oxygen atoms in total. The molecule has 1 aromatic carbocycles. The van der Waals surface area contributed by atoms with E-state index in [1.807, 2.05) is 0 Å². The summed E-state index contributed by atoms with van der Waals surface area (Å²) in [5, 5.41) is 12.8. The fourth-order valence-electron chi connectivity index (χ4n) is 2.51. The van der Waals surface area contributed by atoms with Crippen molar-refractivity contribution in [3.8, 4) is 0 Å². The molecule has 1 unspecified atom stereocenters. The molecule has 1 atom stereocenters. The molecular weight excluding hydrogens is 210 g/mol. The van der Waals surface area contributed by atoms with Crippen LogP contribution < -0.4 is 5.32 Å². The Morgan fingerprint density at radius 3 is 2.41 bits per heavy atom. The summed E-state index contributed by atoms with van der Waals surface area (Å²) in [5.41, 5.74) is 1.45. The molecule has 0 bridgehead atoms. The lowest BCUT2D eigenvalue weighted by Gasteiger charge is -2.39. The van der Waals surface area contributed by atoms with E-state index in [2.05, 4.69) is 49.5 Å². The van der Waals surface area contributed by atoms with E-state index in [-0.39, 0.29) is 12.6 Å². The molecule has 2 heteroatoms. The van der Waals surface area contributed by atoms with Crippen molar-refractivity contribution in [2.45, 2.75) is 44.7 Å². The fourth-order valence-corrected chi connectivity index (χ4v) is 2.51. The first-order valence-corrected chi connectivity index (χ1v) is 6.62. The van der Waals surface area contributed by atoms with Gasteiger partial charge in [-0.3, -0.25) is 0 Å². The van der Waals surface area contributed by atoms with Crippen LogP contribution >= 0.6 is 0 Å². The molecule has 0 spiro atoms. The van der Waals surface area contributed by atoms with Crippen LogP contribution in [0.1, 0.15) is 38.2 Å². The second-order valence-corrected chi connectivity index (χ2v) is 5.48. The highest BCUT2D eigenvalue weighted by atomic mass is 16.3. The molecule has 2 N–H and O–H groups in total. The van der Waals surface area contributed by atoms with E-state index >= 15 is 0 Å². The Bertz CT molecular complexity index is 330. The van der Waals surface area contributed by atoms with Gasteiger partial charge in [-0.05, 0) is 30.2 Å². The number of rotatable bonds is 5. The molecule has 1 aliphatic rings. The Labute approximate surface area is 104 Å². The van der Waals surface area contributed by atoms with Gasteiger partial charge in [-0.2, -0.15) is 0 Å². The van der Waals surface area contributed by atoms with E-state index in [1.54, 1.807) is 0 Å². The normalized spacial score (nSPS) is 25.6. The quantitative estimate of drug-likeness (QED) is 0.819. The highest BCUT2D eigenvalue weighted by Crippen LogP contribution is 2.37. The Morgan fingerprint density at radius 2 is 1.88 bits per heavy atom. The number of benzene rings is 1. The van der Waals surface area contributed by atoms with E-state index < -0.39 is 0 Å². The van der Waals surface area contributed by atoms with Crippen molar-refractivity contribution in [1.82, 2.24) is 5.32 Å². The fraction of sp³-hybridized carbons (Fsp3) is 0.600. The summed E-state index contributed by atoms with van der Waals surface area (Å²) in [6.07, 6.45) is 2.40. The lowest BCUT2D eigenvalue weighted by Crippen LogP contribution is -2.49. The Balaban J connectivity index is 1.79. The average Bonchev–Trinajstić information content (AvgIpc) is 2.28. The molecular formula is C15H23NO. The lowest BCUT2D eigenvalue weighted by atomic mass is 9.75. The maximum atomic E-state index is 9.29. The standard InChI is InChI=1S/C15H23NO/c1-11(2)15(10-17)16-14-8-13(9-14)12-6-4-3-5-7-12/h3-7,11,13-17H,8-10H2,1-2H3. The van der Waals surface area contributed by atoms with Crippen LogP contribution in [0.25, 0.3) is 0 Å². The molecule has 0 radical (unpaired) electrons. The van der Waals surface area contributed by atoms with Gasteiger partial charge in [-0.1, -0.05) is 44.2 Å². The third kappa shape index (κ3) is 3.08. The minimum atomic E-state index is 0.240. The summed E-state index contributed by atoms with van der Waals surface area (Å²) in [4.78, 5) is 0. The summed E-state index contributed by atoms with van der Waals surface area (Å²) in [7, 11) is 0. The van der Waals surface area contributed by atoms with Crippen molar-refractivity contribution < 1.29 is 5.11 Å². The first-order chi connectivity index (χ1) is 8.20. The zero-order chi connectivity index (χ0) is 12.3. The summed E-state index contributed by atoms with van der Waals surface area (Å²) < 4.78 is 0. The zero-order valence-corrected chi connectivity index (χ0v) is 10.8. The monoisotopic (exact) mass is 233 g/mol. The van der Waals surface area contributed by atoms with Gasteiger partial charge in [0.05, 0.1) is 6.61 Å². The second-order valence-electron chi connectivity index (χ2n) is 5.48. The predicted octanol–water partition coefficient (Wildman–Crippen LogP) is 2.54. The second kappa shape index (κ2) is 5.65. The van der Waals surface area contributed by atoms with Crippen molar-refractivity contribution in [3.63, 3.8) is 0 Å². The lowest BCUT2D eigenvalue weighted by molar-refractivity contribution is 0.169. The zero-order valence-electron chi connectivity index (χ0n) is 10.8. The van der Waals surface area contributed by atoms with Crippen LogP contribution in [0.4, 0.5) is 0 Å². The van der Waals surface area contributed by atoms with Crippen LogP contribution in [0, 0.1) is 5.92 Å². The molecule has 1 fully saturated rings. The van der Waals surface area contributed by atoms with Gasteiger partial charge in [0.1, 0.15) is 0 Å². The molecule has 0 heterocycles. The number of hydrogen-bond donors (Lipinski definition) is 2. The Kier molecular flexibility index (Phi) is 4.19. The first-order valence-electron chi connectivity index (χ1n) is 6.62. The molecule has 0 aromatic heterocycles. The van der Waals surface area contributed by atoms with Crippen LogP contribution in [0.2, 0.25) is 0 Å². The molecule has 0 saturated heterocycles. The van der Waals surface area contributed by atoms with E-state index in [0.717, 1.165) is 0 Å². The molecule has 2 rings (SSSR count). The highest BCUT2D eigenvalue weighted by molar-refractivity contribution is 5.22. The maximum absolute atomic E-state index is 9.29. The van der Waals surface area contributed by atoms with Crippen LogP contribution in [0.3, 0.4) is 0 Å². The van der Waals surface area contributed by atoms with Gasteiger partial charge in [0.2, 0.25) is 0 Å². The van der Waals surface area contributed by atoms with Crippen molar-refractivity contribution in [3.05, 3.63) is 35.9 Å². The summed E-state index contributed by atoms with van der Waals surface area (Å²) >= 11 is 0. The van der Waals surface area contributed by atoms with Crippen LogP contribution in [-0.4, -0.2) is 23.8 Å². The van der Waals surface area contributed by atoms with Gasteiger partial charge in [0, 0.05) is 12.1 Å². The number of nitrogens with one attached hydrogen (secondary N) is 1. The van der Waals surface area contributed by atoms with Crippen LogP contribution in [-0.2, 0) is 0 Å². The minimum Gasteiger partial charge on any atom is -0.395 e. The summed E-state index contributed by atoms with van der Waals surface area (Å²) in [6.45, 7) is 4.55. The molecule has 94 valence electrons. The highest BCUT2D eigenvalue weighted by Gasteiger charge is 2.31. The first kappa shape index (κ1) is 12.6. The van der Waals surface area contributed by atoms with Crippen LogP contribution in [0.5, 0.6) is 0 Å². The predicted molar refractivity (Wildman–Crippen MR) is 71.1 cm³/mol. The molecule has 1 aliphatic carbocycles. The van der Waals surface area contributed by atoms with Crippen molar-refractivity contribution in [2.24, 2.45) is 5.92 Å². The molecule has 0 aliphatic heterocycles. The topological polar surface area (TPSA) is 32.3 Å². The van der Waals surface area contributed by atoms with Gasteiger partial charge in [-0.15, -0.1) is 0 Å². The number of aliphatic hydroxyl groups is 1. The van der Waals surface area contributed by atoms with Crippen molar-refractivity contribution in [2.75, 3.05) is 6.61 Å². The van der Waals surface area contributed by atoms with Gasteiger partial charge in [0.15, 0.2) is 0 Å². The summed E-state index contributed by atoms with van der Waals surface area (Å²) in [6, 6.07) is 11.6. The largest absolute Gasteiger partial charge is 0.395 e. The number of hydrogen-bond acceptors (Lipinski definition) is 2. The molecule has 0 amide bonds. The smallest absolute Gasteiger partial charge is 0.0587 e. The van der Waals surface area contributed by atoms with Crippen LogP contribution in [0.15, 0.2) is 30.3 Å². The maximum Gasteiger partial charge on any atom is 0.0587 e. The van der Waals surface area contributed by atoms with Gasteiger partial charge < -0.3 is 10.4 Å². The third-order valence-corrected chi connectivity index (χ3v) is 3.86. The molecule has 17 heavy (non-hydrogen) atoms. The number of aliphatic hydroxyl groups excluding tert-OH is 1. The van der Waals surface area contributed by atoms with Crippen molar-refractivity contribution in [1.29, 1.82) is 0 Å². The van der Waals surface area contributed by atoms with Gasteiger partial charge in [-0.25, -0.2) is 0 Å². The SMILES string of the molecule is CC(C)C(CO)NC1CC(c2ccccc2)C1. The average molecular weight is 233 g/mol. The van der Waals surface area contributed by atoms with E-state index in [4.69, 9.17) is 0 Å². The molecule has 1 saturated carbocycles. The van der Waals surface area contributed by atoms with Gasteiger partial charge in [0.25, 0.3) is 0 Å². The summed E-state index contributed by atoms with van der Waals surface area (Å²) in [5.74, 6) is 1.20. The minimum absolute atomic E-state index is 0.240. The van der Waals surface area contributed by atoms with Gasteiger partial charge >= 0.3 is 0 Å². The molecule has 1 aromatic rings. The Hall–Kier alpha value is -0.860.